The van der Waals surface area contributed by atoms with E-state index in [4.69, 9.17) is 17.3 Å². The van der Waals surface area contributed by atoms with Crippen molar-refractivity contribution in [1.29, 1.82) is 0 Å². The quantitative estimate of drug-likeness (QED) is 0.526. The van der Waals surface area contributed by atoms with Crippen molar-refractivity contribution in [3.05, 3.63) is 12.2 Å². The molecule has 0 aromatic rings. The minimum Gasteiger partial charge on any atom is -0.393 e. The van der Waals surface area contributed by atoms with Crippen LogP contribution in [0.4, 0.5) is 0 Å². The van der Waals surface area contributed by atoms with Gasteiger partial charge in [0, 0.05) is 19.0 Å². The van der Waals surface area contributed by atoms with Gasteiger partial charge in [0.1, 0.15) is 13.4 Å². The monoisotopic (exact) mass is 196 g/mol. The van der Waals surface area contributed by atoms with Gasteiger partial charge in [-0.25, -0.2) is 0 Å². The molecule has 1 N–H and O–H groups in total. The van der Waals surface area contributed by atoms with Crippen LogP contribution in [0.2, 0.25) is 0 Å². The molecule has 0 amide bonds. The highest BCUT2D eigenvalue weighted by molar-refractivity contribution is 6.11. The second-order valence-corrected chi connectivity index (χ2v) is 4.08. The molecule has 0 aromatic heterocycles. The summed E-state index contributed by atoms with van der Waals surface area (Å²) < 4.78 is 10.9. The van der Waals surface area contributed by atoms with Crippen molar-refractivity contribution in [2.24, 2.45) is 5.92 Å². The molecule has 3 nitrogen and oxygen atoms in total. The van der Waals surface area contributed by atoms with Crippen molar-refractivity contribution in [3.63, 3.8) is 0 Å². The lowest BCUT2D eigenvalue weighted by atomic mass is 9.78. The van der Waals surface area contributed by atoms with E-state index in [2.05, 4.69) is 6.58 Å². The molecular weight excluding hydrogens is 179 g/mol. The number of methoxy groups -OCH3 is 1. The summed E-state index contributed by atoms with van der Waals surface area (Å²) in [7, 11) is 7.42. The first-order valence-electron chi connectivity index (χ1n) is 4.68. The standard InChI is InChI=1S/C10H17BO3/c1-6(2)7-8(13-4)10(3,5-12)14-9(7)11/h7-9,12H,1,5H2,2-4H3/t7-,8?,9?,10-/m1/s1. The molecular formula is C10H17BO3. The first kappa shape index (κ1) is 11.8. The number of hydrogen-bond donors (Lipinski definition) is 1. The lowest BCUT2D eigenvalue weighted by molar-refractivity contribution is -0.0963. The van der Waals surface area contributed by atoms with Crippen molar-refractivity contribution in [2.75, 3.05) is 13.7 Å². The Hall–Kier alpha value is -0.315. The Kier molecular flexibility index (Phi) is 3.40. The van der Waals surface area contributed by atoms with Gasteiger partial charge in [0.05, 0.1) is 12.7 Å². The van der Waals surface area contributed by atoms with E-state index in [0.29, 0.717) is 0 Å². The Labute approximate surface area is 86.5 Å². The van der Waals surface area contributed by atoms with Gasteiger partial charge in [0.25, 0.3) is 0 Å². The Balaban J connectivity index is 2.93. The van der Waals surface area contributed by atoms with Gasteiger partial charge < -0.3 is 14.6 Å². The summed E-state index contributed by atoms with van der Waals surface area (Å²) in [4.78, 5) is 0. The number of aliphatic hydroxyl groups is 1. The third kappa shape index (κ3) is 1.74. The lowest BCUT2D eigenvalue weighted by Gasteiger charge is -2.29. The van der Waals surface area contributed by atoms with E-state index in [0.717, 1.165) is 5.57 Å². The molecule has 78 valence electrons. The maximum Gasteiger partial charge on any atom is 0.114 e. The third-order valence-corrected chi connectivity index (χ3v) is 2.82. The summed E-state index contributed by atoms with van der Waals surface area (Å²) in [6.07, 6.45) is -0.236. The van der Waals surface area contributed by atoms with Crippen LogP contribution in [0.25, 0.3) is 0 Å². The van der Waals surface area contributed by atoms with Crippen LogP contribution in [0.3, 0.4) is 0 Å². The first-order chi connectivity index (χ1) is 6.46. The highest BCUT2D eigenvalue weighted by atomic mass is 16.6. The summed E-state index contributed by atoms with van der Waals surface area (Å²) in [5.41, 5.74) is 0.194. The zero-order valence-electron chi connectivity index (χ0n) is 8.99. The zero-order valence-corrected chi connectivity index (χ0v) is 8.99. The number of aliphatic hydroxyl groups excluding tert-OH is 1. The second kappa shape index (κ2) is 4.05. The molecule has 1 saturated heterocycles. The van der Waals surface area contributed by atoms with E-state index in [1.807, 2.05) is 6.92 Å². The SMILES string of the molecule is [B]C1O[C@](C)(CO)C(OC)[C@H]1C(=C)C. The van der Waals surface area contributed by atoms with Gasteiger partial charge in [-0.05, 0) is 13.8 Å². The van der Waals surface area contributed by atoms with E-state index < -0.39 is 11.6 Å². The highest BCUT2D eigenvalue weighted by Crippen LogP contribution is 2.38. The zero-order chi connectivity index (χ0) is 10.9. The molecule has 0 saturated carbocycles. The molecule has 4 atom stereocenters. The molecule has 0 aliphatic carbocycles. The predicted octanol–water partition coefficient (Wildman–Crippen LogP) is 0.469. The van der Waals surface area contributed by atoms with Crippen LogP contribution < -0.4 is 0 Å². The highest BCUT2D eigenvalue weighted by Gasteiger charge is 2.50. The summed E-state index contributed by atoms with van der Waals surface area (Å²) in [6, 6.07) is -0.449. The largest absolute Gasteiger partial charge is 0.393 e. The summed E-state index contributed by atoms with van der Waals surface area (Å²) in [5, 5.41) is 9.25. The molecule has 2 radical (unpaired) electrons. The Morgan fingerprint density at radius 3 is 2.64 bits per heavy atom. The van der Waals surface area contributed by atoms with Gasteiger partial charge in [-0.2, -0.15) is 0 Å². The van der Waals surface area contributed by atoms with Crippen molar-refractivity contribution < 1.29 is 14.6 Å². The smallest absolute Gasteiger partial charge is 0.114 e. The van der Waals surface area contributed by atoms with E-state index in [1.54, 1.807) is 14.0 Å². The predicted molar refractivity (Wildman–Crippen MR) is 55.2 cm³/mol. The van der Waals surface area contributed by atoms with Crippen molar-refractivity contribution >= 4 is 7.85 Å². The fourth-order valence-corrected chi connectivity index (χ4v) is 2.07. The van der Waals surface area contributed by atoms with Crippen molar-refractivity contribution in [3.8, 4) is 0 Å². The lowest BCUT2D eigenvalue weighted by Crippen LogP contribution is -2.43. The van der Waals surface area contributed by atoms with Crippen LogP contribution in [0.5, 0.6) is 0 Å². The Morgan fingerprint density at radius 2 is 2.29 bits per heavy atom. The minimum atomic E-state index is -0.724. The van der Waals surface area contributed by atoms with Gasteiger partial charge in [0.15, 0.2) is 0 Å². The van der Waals surface area contributed by atoms with Gasteiger partial charge in [-0.1, -0.05) is 12.2 Å². The molecule has 1 aliphatic heterocycles. The van der Waals surface area contributed by atoms with E-state index in [1.165, 1.54) is 0 Å². The molecule has 14 heavy (non-hydrogen) atoms. The maximum absolute atomic E-state index is 9.25. The van der Waals surface area contributed by atoms with Crippen LogP contribution in [0.1, 0.15) is 13.8 Å². The molecule has 0 bridgehead atoms. The molecule has 2 unspecified atom stereocenters. The van der Waals surface area contributed by atoms with Crippen LogP contribution in [-0.2, 0) is 9.47 Å². The molecule has 1 aliphatic rings. The average Bonchev–Trinajstić information content (AvgIpc) is 2.37. The average molecular weight is 196 g/mol. The molecule has 1 heterocycles. The Bertz CT molecular complexity index is 231. The second-order valence-electron chi connectivity index (χ2n) is 4.08. The van der Waals surface area contributed by atoms with Crippen molar-refractivity contribution in [1.82, 2.24) is 0 Å². The fraction of sp³-hybridized carbons (Fsp3) is 0.800. The van der Waals surface area contributed by atoms with Crippen molar-refractivity contribution in [2.45, 2.75) is 31.6 Å². The van der Waals surface area contributed by atoms with Crippen LogP contribution in [-0.4, -0.2) is 44.4 Å². The van der Waals surface area contributed by atoms with Crippen LogP contribution in [0, 0.1) is 5.92 Å². The number of ether oxygens (including phenoxy) is 2. The normalized spacial score (nSPS) is 42.7. The topological polar surface area (TPSA) is 38.7 Å². The van der Waals surface area contributed by atoms with E-state index >= 15 is 0 Å². The molecule has 1 fully saturated rings. The number of hydrogen-bond acceptors (Lipinski definition) is 3. The fourth-order valence-electron chi connectivity index (χ4n) is 2.07. The number of rotatable bonds is 3. The van der Waals surface area contributed by atoms with E-state index in [9.17, 15) is 5.11 Å². The molecule has 4 heteroatoms. The summed E-state index contributed by atoms with van der Waals surface area (Å²) >= 11 is 0. The summed E-state index contributed by atoms with van der Waals surface area (Å²) in [5.74, 6) is -0.0582. The molecule has 0 spiro atoms. The maximum atomic E-state index is 9.25. The third-order valence-electron chi connectivity index (χ3n) is 2.82. The molecule has 0 aromatic carbocycles. The summed E-state index contributed by atoms with van der Waals surface area (Å²) in [6.45, 7) is 7.44. The molecule has 1 rings (SSSR count). The van der Waals surface area contributed by atoms with Gasteiger partial charge >= 0.3 is 0 Å². The van der Waals surface area contributed by atoms with Gasteiger partial charge in [0.2, 0.25) is 0 Å². The Morgan fingerprint density at radius 1 is 1.71 bits per heavy atom. The van der Waals surface area contributed by atoms with Gasteiger partial charge in [-0.3, -0.25) is 0 Å². The minimum absolute atomic E-state index is 0.0582. The first-order valence-corrected chi connectivity index (χ1v) is 4.68. The van der Waals surface area contributed by atoms with Gasteiger partial charge in [-0.15, -0.1) is 0 Å². The van der Waals surface area contributed by atoms with Crippen LogP contribution in [0.15, 0.2) is 12.2 Å². The van der Waals surface area contributed by atoms with Crippen LogP contribution >= 0.6 is 0 Å². The van der Waals surface area contributed by atoms with E-state index in [-0.39, 0.29) is 18.6 Å².